The monoisotopic (exact) mass is 226 g/mol. The van der Waals surface area contributed by atoms with Gasteiger partial charge in [-0.1, -0.05) is 0 Å². The second-order valence-corrected chi connectivity index (χ2v) is 2.75. The summed E-state index contributed by atoms with van der Waals surface area (Å²) in [6, 6.07) is 5.84. The number of hydrogen-bond donors (Lipinski definition) is 4. The Morgan fingerprint density at radius 3 is 1.25 bits per heavy atom. The highest BCUT2D eigenvalue weighted by Crippen LogP contribution is 2.02. The van der Waals surface area contributed by atoms with Crippen molar-refractivity contribution in [3.8, 4) is 0 Å². The molecule has 0 fully saturated rings. The summed E-state index contributed by atoms with van der Waals surface area (Å²) in [5.41, 5.74) is 10.7. The first kappa shape index (κ1) is 14.1. The Balaban J connectivity index is 0.000000487. The molecule has 6 heteroatoms. The second-order valence-electron chi connectivity index (χ2n) is 2.75. The van der Waals surface area contributed by atoms with Crippen molar-refractivity contribution in [1.29, 1.82) is 0 Å². The van der Waals surface area contributed by atoms with Crippen molar-refractivity contribution in [2.24, 2.45) is 11.5 Å². The van der Waals surface area contributed by atoms with Crippen LogP contribution in [0.15, 0.2) is 24.3 Å². The number of aliphatic hydroxyl groups is 2. The molecular weight excluding hydrogens is 212 g/mol. The molecule has 0 aromatic heterocycles. The van der Waals surface area contributed by atoms with Crippen LogP contribution < -0.4 is 11.5 Å². The van der Waals surface area contributed by atoms with E-state index in [-0.39, 0.29) is 13.2 Å². The Hall–Kier alpha value is -1.92. The number of nitrogens with two attached hydrogens (primary N) is 2. The number of benzene rings is 1. The van der Waals surface area contributed by atoms with Crippen LogP contribution in [0.25, 0.3) is 0 Å². The topological polar surface area (TPSA) is 127 Å². The summed E-state index contributed by atoms with van der Waals surface area (Å²) >= 11 is 0. The summed E-state index contributed by atoms with van der Waals surface area (Å²) < 4.78 is 0. The molecule has 6 N–H and O–H groups in total. The van der Waals surface area contributed by atoms with Gasteiger partial charge in [0.2, 0.25) is 11.8 Å². The van der Waals surface area contributed by atoms with Crippen LogP contribution in [0.1, 0.15) is 20.7 Å². The van der Waals surface area contributed by atoms with Gasteiger partial charge in [-0.15, -0.1) is 0 Å². The zero-order chi connectivity index (χ0) is 12.6. The summed E-state index contributed by atoms with van der Waals surface area (Å²) in [6.45, 7) is -0.250. The van der Waals surface area contributed by atoms with Gasteiger partial charge in [0.15, 0.2) is 0 Å². The summed E-state index contributed by atoms with van der Waals surface area (Å²) in [6.07, 6.45) is 0. The predicted molar refractivity (Wildman–Crippen MR) is 57.6 cm³/mol. The molecule has 0 unspecified atom stereocenters. The van der Waals surface area contributed by atoms with E-state index in [0.717, 1.165) is 0 Å². The molecule has 1 aromatic carbocycles. The van der Waals surface area contributed by atoms with E-state index in [4.69, 9.17) is 21.7 Å². The number of hydrogen-bond acceptors (Lipinski definition) is 4. The molecule has 1 rings (SSSR count). The maximum atomic E-state index is 10.6. The van der Waals surface area contributed by atoms with Gasteiger partial charge in [-0.3, -0.25) is 9.59 Å². The molecule has 6 nitrogen and oxygen atoms in total. The fraction of sp³-hybridized carbons (Fsp3) is 0.200. The maximum Gasteiger partial charge on any atom is 0.248 e. The van der Waals surface area contributed by atoms with E-state index >= 15 is 0 Å². The maximum absolute atomic E-state index is 10.6. The lowest BCUT2D eigenvalue weighted by atomic mass is 10.1. The number of primary amides is 2. The normalized spacial score (nSPS) is 8.88. The molecule has 1 aromatic rings. The minimum atomic E-state index is -0.522. The van der Waals surface area contributed by atoms with E-state index in [1.165, 1.54) is 24.3 Å². The fourth-order valence-corrected chi connectivity index (χ4v) is 0.799. The molecule has 0 radical (unpaired) electrons. The van der Waals surface area contributed by atoms with Crippen LogP contribution in [0.5, 0.6) is 0 Å². The molecular formula is C10H14N2O4. The van der Waals surface area contributed by atoms with Gasteiger partial charge >= 0.3 is 0 Å². The molecule has 0 heterocycles. The minimum Gasteiger partial charge on any atom is -0.394 e. The van der Waals surface area contributed by atoms with Gasteiger partial charge in [0, 0.05) is 11.1 Å². The average molecular weight is 226 g/mol. The van der Waals surface area contributed by atoms with Crippen LogP contribution in [0.2, 0.25) is 0 Å². The van der Waals surface area contributed by atoms with E-state index < -0.39 is 11.8 Å². The summed E-state index contributed by atoms with van der Waals surface area (Å²) in [5, 5.41) is 15.2. The van der Waals surface area contributed by atoms with Crippen LogP contribution >= 0.6 is 0 Å². The van der Waals surface area contributed by atoms with Gasteiger partial charge in [-0.2, -0.15) is 0 Å². The number of rotatable bonds is 3. The molecule has 0 saturated carbocycles. The van der Waals surface area contributed by atoms with Gasteiger partial charge in [0.25, 0.3) is 0 Å². The van der Waals surface area contributed by atoms with Crippen LogP contribution in [0.4, 0.5) is 0 Å². The first-order valence-corrected chi connectivity index (χ1v) is 4.44. The van der Waals surface area contributed by atoms with E-state index in [9.17, 15) is 9.59 Å². The van der Waals surface area contributed by atoms with Crippen molar-refractivity contribution in [2.75, 3.05) is 13.2 Å². The van der Waals surface area contributed by atoms with E-state index in [0.29, 0.717) is 11.1 Å². The van der Waals surface area contributed by atoms with Crippen molar-refractivity contribution in [1.82, 2.24) is 0 Å². The molecule has 0 atom stereocenters. The Labute approximate surface area is 92.5 Å². The van der Waals surface area contributed by atoms with Gasteiger partial charge in [-0.25, -0.2) is 0 Å². The van der Waals surface area contributed by atoms with Crippen molar-refractivity contribution < 1.29 is 19.8 Å². The van der Waals surface area contributed by atoms with Gasteiger partial charge in [0.05, 0.1) is 13.2 Å². The lowest BCUT2D eigenvalue weighted by Gasteiger charge is -1.96. The quantitative estimate of drug-likeness (QED) is 0.519. The van der Waals surface area contributed by atoms with Crippen molar-refractivity contribution in [2.45, 2.75) is 0 Å². The number of carbonyl (C=O) groups excluding carboxylic acids is 2. The molecule has 16 heavy (non-hydrogen) atoms. The summed E-state index contributed by atoms with van der Waals surface area (Å²) in [5.74, 6) is -1.04. The third kappa shape index (κ3) is 5.08. The number of amides is 2. The lowest BCUT2D eigenvalue weighted by Crippen LogP contribution is -2.13. The van der Waals surface area contributed by atoms with Gasteiger partial charge in [0.1, 0.15) is 0 Å². The number of aliphatic hydroxyl groups excluding tert-OH is 2. The summed E-state index contributed by atoms with van der Waals surface area (Å²) in [4.78, 5) is 21.2. The van der Waals surface area contributed by atoms with E-state index in [1.54, 1.807) is 0 Å². The van der Waals surface area contributed by atoms with Crippen molar-refractivity contribution in [3.05, 3.63) is 35.4 Å². The standard InChI is InChI=1S/C8H8N2O2.C2H6O2/c9-7(11)5-1-2-6(4-3-5)8(10)12;3-1-2-4/h1-4H,(H2,9,11)(H2,10,12);3-4H,1-2H2. The van der Waals surface area contributed by atoms with Crippen LogP contribution in [0.3, 0.4) is 0 Å². The highest BCUT2D eigenvalue weighted by atomic mass is 16.3. The molecule has 88 valence electrons. The summed E-state index contributed by atoms with van der Waals surface area (Å²) in [7, 11) is 0. The zero-order valence-corrected chi connectivity index (χ0v) is 8.59. The Morgan fingerprint density at radius 2 is 1.12 bits per heavy atom. The molecule has 0 aliphatic carbocycles. The van der Waals surface area contributed by atoms with Crippen LogP contribution in [-0.4, -0.2) is 35.2 Å². The first-order chi connectivity index (χ1) is 7.52. The molecule has 0 spiro atoms. The third-order valence-corrected chi connectivity index (χ3v) is 1.55. The smallest absolute Gasteiger partial charge is 0.248 e. The molecule has 0 aliphatic heterocycles. The largest absolute Gasteiger partial charge is 0.394 e. The zero-order valence-electron chi connectivity index (χ0n) is 8.59. The third-order valence-electron chi connectivity index (χ3n) is 1.55. The van der Waals surface area contributed by atoms with Gasteiger partial charge in [-0.05, 0) is 24.3 Å². The second kappa shape index (κ2) is 7.38. The highest BCUT2D eigenvalue weighted by Gasteiger charge is 2.02. The van der Waals surface area contributed by atoms with E-state index in [2.05, 4.69) is 0 Å². The Morgan fingerprint density at radius 1 is 0.875 bits per heavy atom. The lowest BCUT2D eigenvalue weighted by molar-refractivity contribution is 0.0988. The fourth-order valence-electron chi connectivity index (χ4n) is 0.799. The van der Waals surface area contributed by atoms with Crippen molar-refractivity contribution in [3.63, 3.8) is 0 Å². The molecule has 0 bridgehead atoms. The molecule has 0 aliphatic rings. The first-order valence-electron chi connectivity index (χ1n) is 4.44. The number of carbonyl (C=O) groups is 2. The SMILES string of the molecule is NC(=O)c1ccc(C(N)=O)cc1.OCCO. The Kier molecular flexibility index (Phi) is 6.50. The van der Waals surface area contributed by atoms with E-state index in [1.807, 2.05) is 0 Å². The van der Waals surface area contributed by atoms with Crippen LogP contribution in [-0.2, 0) is 0 Å². The highest BCUT2D eigenvalue weighted by molar-refractivity contribution is 5.96. The minimum absolute atomic E-state index is 0.125. The molecule has 0 saturated heterocycles. The predicted octanol–water partition coefficient (Wildman–Crippen LogP) is -1.14. The average Bonchev–Trinajstić information content (AvgIpc) is 2.29. The Bertz CT molecular complexity index is 313. The van der Waals surface area contributed by atoms with Gasteiger partial charge < -0.3 is 21.7 Å². The van der Waals surface area contributed by atoms with Crippen molar-refractivity contribution >= 4 is 11.8 Å². The van der Waals surface area contributed by atoms with Crippen LogP contribution in [0, 0.1) is 0 Å². The molecule has 2 amide bonds.